The molecule has 0 saturated carbocycles. The van der Waals surface area contributed by atoms with Gasteiger partial charge >= 0.3 is 0 Å². The van der Waals surface area contributed by atoms with Crippen molar-refractivity contribution >= 4 is 18.3 Å². The highest BCUT2D eigenvalue weighted by Gasteiger charge is 2.23. The molecule has 1 amide bonds. The molecule has 0 radical (unpaired) electrons. The summed E-state index contributed by atoms with van der Waals surface area (Å²) >= 11 is 0. The second-order valence-corrected chi connectivity index (χ2v) is 7.44. The number of rotatable bonds is 9. The molecule has 1 N–H and O–H groups in total. The standard InChI is InChI=1S/C23H32N2O2.ClH/c1-17(2)25(18(3)4)16-15-24-23(26)22(20-13-11-19(5)12-14-20)27-21-9-7-6-8-10-21;/h6-14,17-18,22H,15-16H2,1-5H3,(H,24,26);1H. The van der Waals surface area contributed by atoms with Crippen LogP contribution in [0.4, 0.5) is 0 Å². The normalized spacial score (nSPS) is 12.0. The van der Waals surface area contributed by atoms with Crippen LogP contribution in [0, 0.1) is 6.92 Å². The molecule has 1 atom stereocenters. The van der Waals surface area contributed by atoms with Gasteiger partial charge in [0.25, 0.3) is 5.91 Å². The first-order chi connectivity index (χ1) is 12.9. The summed E-state index contributed by atoms with van der Waals surface area (Å²) < 4.78 is 6.03. The molecule has 1 unspecified atom stereocenters. The van der Waals surface area contributed by atoms with Crippen LogP contribution in [-0.2, 0) is 4.79 Å². The van der Waals surface area contributed by atoms with E-state index in [1.807, 2.05) is 61.5 Å². The molecule has 0 aliphatic carbocycles. The minimum Gasteiger partial charge on any atom is -0.476 e. The van der Waals surface area contributed by atoms with E-state index in [0.717, 1.165) is 17.7 Å². The second kappa shape index (κ2) is 11.7. The van der Waals surface area contributed by atoms with Crippen LogP contribution >= 0.6 is 12.4 Å². The van der Waals surface area contributed by atoms with Crippen molar-refractivity contribution in [2.24, 2.45) is 0 Å². The fourth-order valence-corrected chi connectivity index (χ4v) is 3.16. The van der Waals surface area contributed by atoms with Crippen molar-refractivity contribution in [2.75, 3.05) is 13.1 Å². The number of nitrogens with zero attached hydrogens (tertiary/aromatic N) is 1. The van der Waals surface area contributed by atoms with E-state index < -0.39 is 6.10 Å². The first kappa shape index (κ1) is 24.0. The smallest absolute Gasteiger partial charge is 0.265 e. The van der Waals surface area contributed by atoms with Gasteiger partial charge in [0.1, 0.15) is 5.75 Å². The van der Waals surface area contributed by atoms with Crippen molar-refractivity contribution < 1.29 is 9.53 Å². The first-order valence-corrected chi connectivity index (χ1v) is 9.70. The summed E-state index contributed by atoms with van der Waals surface area (Å²) in [5, 5.41) is 3.05. The van der Waals surface area contributed by atoms with E-state index in [0.29, 0.717) is 24.4 Å². The molecule has 0 bridgehead atoms. The fraction of sp³-hybridized carbons (Fsp3) is 0.435. The predicted octanol–water partition coefficient (Wildman–Crippen LogP) is 4.77. The van der Waals surface area contributed by atoms with Gasteiger partial charge in [-0.05, 0) is 46.8 Å². The zero-order chi connectivity index (χ0) is 19.8. The van der Waals surface area contributed by atoms with Crippen molar-refractivity contribution in [3.8, 4) is 5.75 Å². The molecule has 0 aliphatic heterocycles. The summed E-state index contributed by atoms with van der Waals surface area (Å²) in [4.78, 5) is 15.3. The number of halogens is 1. The van der Waals surface area contributed by atoms with Gasteiger partial charge < -0.3 is 10.1 Å². The van der Waals surface area contributed by atoms with Crippen molar-refractivity contribution in [1.29, 1.82) is 0 Å². The van der Waals surface area contributed by atoms with Crippen LogP contribution in [0.25, 0.3) is 0 Å². The van der Waals surface area contributed by atoms with Crippen molar-refractivity contribution in [2.45, 2.75) is 52.8 Å². The lowest BCUT2D eigenvalue weighted by molar-refractivity contribution is -0.128. The van der Waals surface area contributed by atoms with Crippen LogP contribution < -0.4 is 10.1 Å². The predicted molar refractivity (Wildman–Crippen MR) is 118 cm³/mol. The van der Waals surface area contributed by atoms with Gasteiger partial charge in [-0.3, -0.25) is 9.69 Å². The average Bonchev–Trinajstić information content (AvgIpc) is 2.64. The quantitative estimate of drug-likeness (QED) is 0.654. The van der Waals surface area contributed by atoms with Crippen molar-refractivity contribution in [3.05, 3.63) is 65.7 Å². The molecule has 0 heterocycles. The van der Waals surface area contributed by atoms with Crippen molar-refractivity contribution in [3.63, 3.8) is 0 Å². The Morgan fingerprint density at radius 2 is 1.54 bits per heavy atom. The number of carbonyl (C=O) groups is 1. The lowest BCUT2D eigenvalue weighted by Crippen LogP contribution is -2.43. The number of hydrogen-bond donors (Lipinski definition) is 1. The molecule has 0 fully saturated rings. The second-order valence-electron chi connectivity index (χ2n) is 7.44. The summed E-state index contributed by atoms with van der Waals surface area (Å²) in [6.07, 6.45) is -0.667. The van der Waals surface area contributed by atoms with Gasteiger partial charge in [-0.25, -0.2) is 0 Å². The molecular weight excluding hydrogens is 372 g/mol. The van der Waals surface area contributed by atoms with Crippen LogP contribution in [0.3, 0.4) is 0 Å². The SMILES string of the molecule is Cc1ccc(C(Oc2ccccc2)C(=O)NCCN(C(C)C)C(C)C)cc1.Cl. The maximum atomic E-state index is 12.9. The van der Waals surface area contributed by atoms with Gasteiger partial charge in [-0.2, -0.15) is 0 Å². The van der Waals surface area contributed by atoms with E-state index in [9.17, 15) is 4.79 Å². The number of amides is 1. The Kier molecular flexibility index (Phi) is 10.0. The van der Waals surface area contributed by atoms with Crippen LogP contribution in [0.1, 0.15) is 44.9 Å². The highest BCUT2D eigenvalue weighted by molar-refractivity contribution is 5.85. The maximum absolute atomic E-state index is 12.9. The van der Waals surface area contributed by atoms with Gasteiger partial charge in [0.2, 0.25) is 6.10 Å². The molecule has 5 heteroatoms. The summed E-state index contributed by atoms with van der Waals surface area (Å²) in [5.74, 6) is 0.569. The van der Waals surface area contributed by atoms with Crippen LogP contribution in [0.5, 0.6) is 5.75 Å². The molecule has 0 saturated heterocycles. The number of ether oxygens (including phenoxy) is 1. The van der Waals surface area contributed by atoms with Gasteiger partial charge in [0, 0.05) is 30.7 Å². The summed E-state index contributed by atoms with van der Waals surface area (Å²) in [5.41, 5.74) is 2.01. The van der Waals surface area contributed by atoms with E-state index in [1.165, 1.54) is 0 Å². The number of carbonyl (C=O) groups excluding carboxylic acids is 1. The lowest BCUT2D eigenvalue weighted by atomic mass is 10.1. The third kappa shape index (κ3) is 7.17. The van der Waals surface area contributed by atoms with E-state index in [2.05, 4.69) is 37.9 Å². The number of nitrogens with one attached hydrogen (secondary N) is 1. The topological polar surface area (TPSA) is 41.6 Å². The lowest BCUT2D eigenvalue weighted by Gasteiger charge is -2.30. The average molecular weight is 405 g/mol. The Morgan fingerprint density at radius 1 is 0.964 bits per heavy atom. The Balaban J connectivity index is 0.00000392. The number of aryl methyl sites for hydroxylation is 1. The molecule has 2 aromatic rings. The third-order valence-electron chi connectivity index (χ3n) is 4.61. The summed E-state index contributed by atoms with van der Waals surface area (Å²) in [7, 11) is 0. The van der Waals surface area contributed by atoms with Crippen molar-refractivity contribution in [1.82, 2.24) is 10.2 Å². The Hall–Kier alpha value is -2.04. The van der Waals surface area contributed by atoms with E-state index in [-0.39, 0.29) is 18.3 Å². The van der Waals surface area contributed by atoms with Crippen LogP contribution in [0.15, 0.2) is 54.6 Å². The minimum absolute atomic E-state index is 0. The minimum atomic E-state index is -0.667. The van der Waals surface area contributed by atoms with Gasteiger partial charge in [0.15, 0.2) is 0 Å². The Labute approximate surface area is 175 Å². The third-order valence-corrected chi connectivity index (χ3v) is 4.61. The van der Waals surface area contributed by atoms with Gasteiger partial charge in [-0.15, -0.1) is 12.4 Å². The van der Waals surface area contributed by atoms with Gasteiger partial charge in [0.05, 0.1) is 0 Å². The molecule has 154 valence electrons. The molecule has 0 spiro atoms. The molecule has 2 aromatic carbocycles. The Bertz CT molecular complexity index is 694. The molecule has 28 heavy (non-hydrogen) atoms. The zero-order valence-corrected chi connectivity index (χ0v) is 18.3. The number of benzene rings is 2. The molecule has 0 aromatic heterocycles. The monoisotopic (exact) mass is 404 g/mol. The molecular formula is C23H33ClN2O2. The van der Waals surface area contributed by atoms with E-state index >= 15 is 0 Å². The summed E-state index contributed by atoms with van der Waals surface area (Å²) in [6.45, 7) is 12.1. The highest BCUT2D eigenvalue weighted by atomic mass is 35.5. The zero-order valence-electron chi connectivity index (χ0n) is 17.5. The molecule has 4 nitrogen and oxygen atoms in total. The maximum Gasteiger partial charge on any atom is 0.265 e. The first-order valence-electron chi connectivity index (χ1n) is 9.70. The van der Waals surface area contributed by atoms with E-state index in [1.54, 1.807) is 0 Å². The van der Waals surface area contributed by atoms with Crippen LogP contribution in [0.2, 0.25) is 0 Å². The van der Waals surface area contributed by atoms with Crippen LogP contribution in [-0.4, -0.2) is 36.0 Å². The highest BCUT2D eigenvalue weighted by Crippen LogP contribution is 2.22. The largest absolute Gasteiger partial charge is 0.476 e. The van der Waals surface area contributed by atoms with E-state index in [4.69, 9.17) is 4.74 Å². The molecule has 0 aliphatic rings. The Morgan fingerprint density at radius 3 is 2.07 bits per heavy atom. The number of para-hydroxylation sites is 1. The van der Waals surface area contributed by atoms with Gasteiger partial charge in [-0.1, -0.05) is 48.0 Å². The molecule has 2 rings (SSSR count). The number of hydrogen-bond acceptors (Lipinski definition) is 3. The fourth-order valence-electron chi connectivity index (χ4n) is 3.16. The summed E-state index contributed by atoms with van der Waals surface area (Å²) in [6, 6.07) is 18.3.